The van der Waals surface area contributed by atoms with Gasteiger partial charge in [-0.25, -0.2) is 0 Å². The van der Waals surface area contributed by atoms with Crippen LogP contribution in [-0.2, 0) is 0 Å². The number of anilines is 1. The Morgan fingerprint density at radius 1 is 1.07 bits per heavy atom. The first-order chi connectivity index (χ1) is 19.5. The Hall–Kier alpha value is -3.27. The summed E-state index contributed by atoms with van der Waals surface area (Å²) in [4.78, 5) is 35.6. The molecule has 3 aliphatic heterocycles. The molecule has 4 heterocycles. The second-order valence-electron chi connectivity index (χ2n) is 11.2. The fourth-order valence-corrected chi connectivity index (χ4v) is 7.75. The number of pyridine rings is 1. The largest absolute Gasteiger partial charge is 0.493 e. The Bertz CT molecular complexity index is 1440. The van der Waals surface area contributed by atoms with E-state index in [2.05, 4.69) is 31.8 Å². The second kappa shape index (κ2) is 11.3. The summed E-state index contributed by atoms with van der Waals surface area (Å²) >= 11 is -0.463. The molecule has 40 heavy (non-hydrogen) atoms. The molecule has 8 heteroatoms. The lowest BCUT2D eigenvalue weighted by Gasteiger charge is -2.39. The van der Waals surface area contributed by atoms with Crippen molar-refractivity contribution in [3.05, 3.63) is 86.7 Å². The lowest BCUT2D eigenvalue weighted by atomic mass is 9.77. The van der Waals surface area contributed by atoms with Gasteiger partial charge in [-0.15, -0.1) is 0 Å². The predicted molar refractivity (Wildman–Crippen MR) is 166 cm³/mol. The van der Waals surface area contributed by atoms with Gasteiger partial charge in [-0.05, 0) is 73.6 Å². The number of aryl methyl sites for hydroxylation is 1. The van der Waals surface area contributed by atoms with Gasteiger partial charge in [-0.2, -0.15) is 0 Å². The molecule has 0 bridgehead atoms. The summed E-state index contributed by atoms with van der Waals surface area (Å²) in [5.74, 6) is 0.753. The van der Waals surface area contributed by atoms with Gasteiger partial charge < -0.3 is 19.9 Å². The van der Waals surface area contributed by atoms with Gasteiger partial charge >= 0.3 is 0 Å². The molecular weight excluding hydrogens is 615 g/mol. The maximum atomic E-state index is 13.7. The smallest absolute Gasteiger partial charge is 0.253 e. The van der Waals surface area contributed by atoms with Crippen LogP contribution >= 0.6 is 20.7 Å². The van der Waals surface area contributed by atoms with E-state index in [1.807, 2.05) is 60.6 Å². The summed E-state index contributed by atoms with van der Waals surface area (Å²) in [5, 5.41) is 3.23. The highest BCUT2D eigenvalue weighted by molar-refractivity contribution is 14.2. The molecule has 2 amide bonds. The lowest BCUT2D eigenvalue weighted by molar-refractivity contribution is 0.0609. The SMILES string of the molecule is C=Ic1ccccc1C(=O)N[C@@H]1CCOc2c(C)cc(C(=O)N3CCC4(CC3)CCN(c3ccncc3)C4)cc21. The molecule has 2 fully saturated rings. The third-order valence-electron chi connectivity index (χ3n) is 8.72. The number of amides is 2. The Labute approximate surface area is 245 Å². The molecular formula is C32H35IN4O3. The van der Waals surface area contributed by atoms with Crippen molar-refractivity contribution >= 4 is 42.7 Å². The fourth-order valence-electron chi connectivity index (χ4n) is 6.45. The van der Waals surface area contributed by atoms with Crippen molar-refractivity contribution in [3.8, 4) is 5.75 Å². The van der Waals surface area contributed by atoms with E-state index in [0.717, 1.165) is 65.9 Å². The van der Waals surface area contributed by atoms with Crippen molar-refractivity contribution in [3.63, 3.8) is 0 Å². The van der Waals surface area contributed by atoms with Gasteiger partial charge in [0.15, 0.2) is 0 Å². The topological polar surface area (TPSA) is 74.8 Å². The first kappa shape index (κ1) is 26.9. The second-order valence-corrected chi connectivity index (χ2v) is 13.1. The summed E-state index contributed by atoms with van der Waals surface area (Å²) in [5.41, 5.74) is 4.69. The third-order valence-corrected chi connectivity index (χ3v) is 10.5. The number of rotatable bonds is 5. The van der Waals surface area contributed by atoms with E-state index in [4.69, 9.17) is 4.74 Å². The Morgan fingerprint density at radius 2 is 1.82 bits per heavy atom. The van der Waals surface area contributed by atoms with Crippen molar-refractivity contribution in [2.75, 3.05) is 37.7 Å². The molecule has 2 aromatic carbocycles. The molecule has 1 spiro atoms. The predicted octanol–water partition coefficient (Wildman–Crippen LogP) is 5.35. The standard InChI is InChI=1S/C32H35IN4O3/c1-22-19-23(20-26-28(9-18-40-29(22)26)35-30(38)25-5-3-4-6-27(25)33-2)31(39)36-15-10-32(11-16-36)12-17-37(21-32)24-7-13-34-14-8-24/h3-8,13-14,19-20,28H,2,9-12,15-18,21H2,1H3,(H,35,38)/t28-/m1/s1. The van der Waals surface area contributed by atoms with Crippen LogP contribution in [-0.4, -0.2) is 59.0 Å². The maximum absolute atomic E-state index is 13.7. The van der Waals surface area contributed by atoms with Gasteiger partial charge in [-0.1, -0.05) is 37.4 Å². The number of hydrogen-bond donors (Lipinski definition) is 1. The van der Waals surface area contributed by atoms with Crippen LogP contribution in [0, 0.1) is 15.9 Å². The normalized spacial score (nSPS) is 19.7. The van der Waals surface area contributed by atoms with Crippen molar-refractivity contribution in [1.29, 1.82) is 0 Å². The number of carbonyl (C=O) groups excluding carboxylic acids is 2. The number of likely N-dealkylation sites (tertiary alicyclic amines) is 1. The van der Waals surface area contributed by atoms with Crippen LogP contribution < -0.4 is 15.0 Å². The van der Waals surface area contributed by atoms with Gasteiger partial charge in [0.05, 0.1) is 18.2 Å². The highest BCUT2D eigenvalue weighted by Crippen LogP contribution is 2.42. The Morgan fingerprint density at radius 3 is 2.60 bits per heavy atom. The summed E-state index contributed by atoms with van der Waals surface area (Å²) in [6.45, 7) is 6.13. The average molecular weight is 651 g/mol. The van der Waals surface area contributed by atoms with Crippen LogP contribution in [0.4, 0.5) is 5.69 Å². The zero-order valence-electron chi connectivity index (χ0n) is 22.9. The molecule has 0 aliphatic carbocycles. The highest BCUT2D eigenvalue weighted by atomic mass is 127. The van der Waals surface area contributed by atoms with Crippen LogP contribution in [0.15, 0.2) is 60.9 Å². The summed E-state index contributed by atoms with van der Waals surface area (Å²) in [7, 11) is 0. The summed E-state index contributed by atoms with van der Waals surface area (Å²) in [6.07, 6.45) is 7.56. The number of hydrogen-bond acceptors (Lipinski definition) is 5. The average Bonchev–Trinajstić information content (AvgIpc) is 3.41. The van der Waals surface area contributed by atoms with E-state index in [0.29, 0.717) is 24.2 Å². The number of halogens is 1. The number of fused-ring (bicyclic) bond motifs is 1. The summed E-state index contributed by atoms with van der Waals surface area (Å²) in [6, 6.07) is 15.5. The first-order valence-electron chi connectivity index (χ1n) is 14.0. The number of nitrogens with zero attached hydrogens (tertiary/aromatic N) is 3. The molecule has 1 aromatic heterocycles. The van der Waals surface area contributed by atoms with E-state index >= 15 is 0 Å². The molecule has 1 atom stereocenters. The molecule has 0 unspecified atom stereocenters. The van der Waals surface area contributed by atoms with Gasteiger partial charge in [0.2, 0.25) is 0 Å². The molecule has 7 nitrogen and oxygen atoms in total. The van der Waals surface area contributed by atoms with E-state index in [1.54, 1.807) is 0 Å². The third kappa shape index (κ3) is 5.25. The van der Waals surface area contributed by atoms with Crippen LogP contribution in [0.5, 0.6) is 5.75 Å². The molecule has 1 N–H and O–H groups in total. The number of benzene rings is 2. The minimum atomic E-state index is -0.463. The van der Waals surface area contributed by atoms with Crippen LogP contribution in [0.3, 0.4) is 0 Å². The van der Waals surface area contributed by atoms with E-state index in [1.165, 1.54) is 5.69 Å². The highest BCUT2D eigenvalue weighted by Gasteiger charge is 2.41. The molecule has 0 saturated carbocycles. The van der Waals surface area contributed by atoms with Crippen molar-refractivity contribution in [1.82, 2.24) is 15.2 Å². The minimum absolute atomic E-state index is 0.0625. The van der Waals surface area contributed by atoms with Crippen LogP contribution in [0.25, 0.3) is 0 Å². The number of carbonyl (C=O) groups is 2. The van der Waals surface area contributed by atoms with E-state index in [9.17, 15) is 9.59 Å². The zero-order valence-corrected chi connectivity index (χ0v) is 25.0. The molecule has 3 aliphatic rings. The molecule has 0 radical (unpaired) electrons. The summed E-state index contributed by atoms with van der Waals surface area (Å²) < 4.78 is 11.1. The number of ether oxygens (including phenoxy) is 1. The quantitative estimate of drug-likeness (QED) is 0.377. The number of piperidine rings is 1. The molecule has 2 saturated heterocycles. The van der Waals surface area contributed by atoms with E-state index < -0.39 is 20.7 Å². The molecule has 208 valence electrons. The van der Waals surface area contributed by atoms with Crippen LogP contribution in [0.2, 0.25) is 0 Å². The molecule has 6 rings (SSSR count). The number of aromatic nitrogens is 1. The van der Waals surface area contributed by atoms with Crippen molar-refractivity contribution < 1.29 is 14.3 Å². The zero-order chi connectivity index (χ0) is 27.7. The van der Waals surface area contributed by atoms with Crippen LogP contribution in [0.1, 0.15) is 63.6 Å². The number of nitrogens with one attached hydrogen (secondary N) is 1. The van der Waals surface area contributed by atoms with E-state index in [-0.39, 0.29) is 23.3 Å². The van der Waals surface area contributed by atoms with Gasteiger partial charge in [0.1, 0.15) is 5.75 Å². The molecule has 3 aromatic rings. The maximum Gasteiger partial charge on any atom is 0.253 e. The van der Waals surface area contributed by atoms with Crippen molar-refractivity contribution in [2.45, 2.75) is 38.6 Å². The van der Waals surface area contributed by atoms with Crippen molar-refractivity contribution in [2.24, 2.45) is 5.41 Å². The lowest BCUT2D eigenvalue weighted by Crippen LogP contribution is -2.44. The Kier molecular flexibility index (Phi) is 7.61. The fraction of sp³-hybridized carbons (Fsp3) is 0.375. The van der Waals surface area contributed by atoms with Gasteiger partial charge in [0, 0.05) is 65.4 Å². The van der Waals surface area contributed by atoms with Gasteiger partial charge in [-0.3, -0.25) is 14.6 Å². The first-order valence-corrected chi connectivity index (χ1v) is 16.6. The monoisotopic (exact) mass is 650 g/mol. The Balaban J connectivity index is 1.16. The van der Waals surface area contributed by atoms with Gasteiger partial charge in [0.25, 0.3) is 11.8 Å². The minimum Gasteiger partial charge on any atom is -0.493 e.